The fraction of sp³-hybridized carbons (Fsp3) is 0.778. The van der Waals surface area contributed by atoms with Gasteiger partial charge in [-0.15, -0.1) is 0 Å². The molecule has 1 amide bonds. The van der Waals surface area contributed by atoms with Crippen molar-refractivity contribution >= 4 is 12.2 Å². The van der Waals surface area contributed by atoms with E-state index in [9.17, 15) is 9.59 Å². The topological polar surface area (TPSA) is 58.2 Å². The van der Waals surface area contributed by atoms with Crippen LogP contribution in [0.1, 0.15) is 26.2 Å². The molecule has 0 spiro atoms. The molecule has 2 N–H and O–H groups in total. The molecule has 0 aromatic heterocycles. The van der Waals surface area contributed by atoms with Gasteiger partial charge in [0.15, 0.2) is 0 Å². The first-order valence-corrected chi connectivity index (χ1v) is 4.69. The van der Waals surface area contributed by atoms with E-state index >= 15 is 0 Å². The Bertz CT molecular complexity index is 188. The molecule has 1 aliphatic rings. The van der Waals surface area contributed by atoms with Crippen molar-refractivity contribution in [3.63, 3.8) is 0 Å². The number of carbonyl (C=O) groups excluding carboxylic acids is 2. The van der Waals surface area contributed by atoms with Gasteiger partial charge in [0.25, 0.3) is 0 Å². The van der Waals surface area contributed by atoms with E-state index in [1.54, 1.807) is 6.29 Å². The minimum absolute atomic E-state index is 0.0762. The highest BCUT2D eigenvalue weighted by Gasteiger charge is 2.23. The minimum atomic E-state index is -0.449. The zero-order chi connectivity index (χ0) is 9.68. The molecule has 0 saturated carbocycles. The summed E-state index contributed by atoms with van der Waals surface area (Å²) in [6, 6.07) is -0.558. The quantitative estimate of drug-likeness (QED) is 0.631. The van der Waals surface area contributed by atoms with Crippen molar-refractivity contribution in [2.45, 2.75) is 38.3 Å². The maximum absolute atomic E-state index is 11.4. The molecule has 0 aromatic carbocycles. The van der Waals surface area contributed by atoms with Crippen LogP contribution < -0.4 is 10.6 Å². The molecule has 1 radical (unpaired) electrons. The Morgan fingerprint density at radius 1 is 1.77 bits per heavy atom. The Kier molecular flexibility index (Phi) is 3.89. The standard InChI is InChI=1S/C9H15N2O2/c1-2-7(6-12)11-9(13)8-4-3-5-10-8/h7-8,10H,2-5H2,1H3,(H,11,13)/t7?,8-/m0/s1. The van der Waals surface area contributed by atoms with Crippen LogP contribution in [0.4, 0.5) is 0 Å². The normalized spacial score (nSPS) is 23.9. The number of rotatable bonds is 4. The van der Waals surface area contributed by atoms with Crippen LogP contribution in [0.5, 0.6) is 0 Å². The third-order valence-electron chi connectivity index (χ3n) is 2.24. The second-order valence-electron chi connectivity index (χ2n) is 3.24. The molecule has 4 nitrogen and oxygen atoms in total. The summed E-state index contributed by atoms with van der Waals surface area (Å²) in [7, 11) is 0. The van der Waals surface area contributed by atoms with Gasteiger partial charge in [-0.3, -0.25) is 9.59 Å². The van der Waals surface area contributed by atoms with Gasteiger partial charge in [-0.05, 0) is 25.8 Å². The summed E-state index contributed by atoms with van der Waals surface area (Å²) in [5, 5.41) is 5.70. The largest absolute Gasteiger partial charge is 0.344 e. The van der Waals surface area contributed by atoms with E-state index in [-0.39, 0.29) is 11.9 Å². The number of hydrogen-bond donors (Lipinski definition) is 2. The van der Waals surface area contributed by atoms with E-state index in [0.717, 1.165) is 19.4 Å². The van der Waals surface area contributed by atoms with Gasteiger partial charge in [0, 0.05) is 0 Å². The molecule has 13 heavy (non-hydrogen) atoms. The summed E-state index contributed by atoms with van der Waals surface area (Å²) >= 11 is 0. The highest BCUT2D eigenvalue weighted by Crippen LogP contribution is 2.04. The number of hydrogen-bond acceptors (Lipinski definition) is 3. The molecule has 1 aliphatic heterocycles. The summed E-state index contributed by atoms with van der Waals surface area (Å²) in [6.45, 7) is 2.73. The molecule has 0 aromatic rings. The van der Waals surface area contributed by atoms with Crippen molar-refractivity contribution in [1.82, 2.24) is 10.6 Å². The summed E-state index contributed by atoms with van der Waals surface area (Å²) in [5.74, 6) is -0.0762. The lowest BCUT2D eigenvalue weighted by molar-refractivity contribution is -0.123. The smallest absolute Gasteiger partial charge is 0.237 e. The zero-order valence-corrected chi connectivity index (χ0v) is 7.80. The predicted molar refractivity (Wildman–Crippen MR) is 48.9 cm³/mol. The third kappa shape index (κ3) is 2.81. The molecule has 0 bridgehead atoms. The van der Waals surface area contributed by atoms with Gasteiger partial charge in [0.2, 0.25) is 12.2 Å². The molecule has 1 saturated heterocycles. The van der Waals surface area contributed by atoms with Gasteiger partial charge in [-0.2, -0.15) is 0 Å². The van der Waals surface area contributed by atoms with Gasteiger partial charge in [0.1, 0.15) is 0 Å². The Morgan fingerprint density at radius 3 is 3.00 bits per heavy atom. The lowest BCUT2D eigenvalue weighted by Crippen LogP contribution is -2.45. The summed E-state index contributed by atoms with van der Waals surface area (Å²) in [4.78, 5) is 21.7. The summed E-state index contributed by atoms with van der Waals surface area (Å²) in [5.41, 5.74) is 0. The molecule has 1 fully saturated rings. The predicted octanol–water partition coefficient (Wildman–Crippen LogP) is -0.257. The van der Waals surface area contributed by atoms with Crippen LogP contribution in [0.15, 0.2) is 0 Å². The SMILES string of the molecule is CCC([C]=O)NC(=O)[C@@H]1CCCN1. The third-order valence-corrected chi connectivity index (χ3v) is 2.24. The van der Waals surface area contributed by atoms with Gasteiger partial charge >= 0.3 is 0 Å². The maximum Gasteiger partial charge on any atom is 0.237 e. The minimum Gasteiger partial charge on any atom is -0.344 e. The summed E-state index contributed by atoms with van der Waals surface area (Å²) in [6.07, 6.45) is 4.29. The van der Waals surface area contributed by atoms with Crippen molar-refractivity contribution in [3.8, 4) is 0 Å². The Labute approximate surface area is 78.1 Å². The molecule has 1 rings (SSSR count). The first kappa shape index (κ1) is 10.2. The van der Waals surface area contributed by atoms with E-state index < -0.39 is 6.04 Å². The zero-order valence-electron chi connectivity index (χ0n) is 7.80. The van der Waals surface area contributed by atoms with Crippen LogP contribution in [0, 0.1) is 0 Å². The van der Waals surface area contributed by atoms with Gasteiger partial charge in [-0.1, -0.05) is 6.92 Å². The van der Waals surface area contributed by atoms with Crippen LogP contribution in [-0.2, 0) is 9.59 Å². The highest BCUT2D eigenvalue weighted by atomic mass is 16.2. The molecule has 1 unspecified atom stereocenters. The molecular formula is C9H15N2O2. The lowest BCUT2D eigenvalue weighted by atomic mass is 10.2. The molecule has 73 valence electrons. The fourth-order valence-corrected chi connectivity index (χ4v) is 1.40. The van der Waals surface area contributed by atoms with Crippen molar-refractivity contribution in [2.75, 3.05) is 6.54 Å². The van der Waals surface area contributed by atoms with Crippen LogP contribution >= 0.6 is 0 Å². The van der Waals surface area contributed by atoms with Gasteiger partial charge in [0.05, 0.1) is 12.1 Å². The number of carbonyl (C=O) groups is 1. The number of nitrogens with one attached hydrogen (secondary N) is 2. The highest BCUT2D eigenvalue weighted by molar-refractivity contribution is 5.84. The summed E-state index contributed by atoms with van der Waals surface area (Å²) < 4.78 is 0. The monoisotopic (exact) mass is 183 g/mol. The average Bonchev–Trinajstić information content (AvgIpc) is 2.66. The first-order chi connectivity index (χ1) is 6.27. The van der Waals surface area contributed by atoms with Crippen LogP contribution in [0.2, 0.25) is 0 Å². The van der Waals surface area contributed by atoms with Gasteiger partial charge in [-0.25, -0.2) is 0 Å². The van der Waals surface area contributed by atoms with E-state index in [1.807, 2.05) is 6.92 Å². The fourth-order valence-electron chi connectivity index (χ4n) is 1.40. The second kappa shape index (κ2) is 4.97. The second-order valence-corrected chi connectivity index (χ2v) is 3.24. The molecule has 4 heteroatoms. The lowest BCUT2D eigenvalue weighted by Gasteiger charge is -2.13. The maximum atomic E-state index is 11.4. The molecule has 0 aliphatic carbocycles. The number of amides is 1. The van der Waals surface area contributed by atoms with Crippen molar-refractivity contribution in [2.24, 2.45) is 0 Å². The Balaban J connectivity index is 2.34. The van der Waals surface area contributed by atoms with Gasteiger partial charge < -0.3 is 10.6 Å². The van der Waals surface area contributed by atoms with Crippen LogP contribution in [0.3, 0.4) is 0 Å². The van der Waals surface area contributed by atoms with Crippen LogP contribution in [-0.4, -0.2) is 30.8 Å². The van der Waals surface area contributed by atoms with Crippen molar-refractivity contribution in [1.29, 1.82) is 0 Å². The van der Waals surface area contributed by atoms with E-state index in [4.69, 9.17) is 0 Å². The Morgan fingerprint density at radius 2 is 2.54 bits per heavy atom. The van der Waals surface area contributed by atoms with E-state index in [2.05, 4.69) is 10.6 Å². The van der Waals surface area contributed by atoms with E-state index in [0.29, 0.717) is 6.42 Å². The van der Waals surface area contributed by atoms with Crippen LogP contribution in [0.25, 0.3) is 0 Å². The molecule has 1 heterocycles. The van der Waals surface area contributed by atoms with E-state index in [1.165, 1.54) is 0 Å². The first-order valence-electron chi connectivity index (χ1n) is 4.69. The Hall–Kier alpha value is -0.900. The molecular weight excluding hydrogens is 168 g/mol. The van der Waals surface area contributed by atoms with Crippen molar-refractivity contribution in [3.05, 3.63) is 0 Å². The van der Waals surface area contributed by atoms with Crippen molar-refractivity contribution < 1.29 is 9.59 Å². The molecule has 2 atom stereocenters. The average molecular weight is 183 g/mol.